The summed E-state index contributed by atoms with van der Waals surface area (Å²) in [6.07, 6.45) is 8.44. The predicted octanol–water partition coefficient (Wildman–Crippen LogP) is 4.39. The van der Waals surface area contributed by atoms with E-state index in [1.165, 1.54) is 11.1 Å². The quantitative estimate of drug-likeness (QED) is 0.705. The molecular weight excluding hydrogens is 272 g/mol. The molecule has 0 heterocycles. The van der Waals surface area contributed by atoms with Gasteiger partial charge in [-0.05, 0) is 63.4 Å². The molecule has 0 unspecified atom stereocenters. The number of aliphatic hydroxyl groups excluding tert-OH is 1. The monoisotopic (exact) mass is 304 g/mol. The minimum Gasteiger partial charge on any atom is -0.390 e. The highest BCUT2D eigenvalue weighted by molar-refractivity contribution is 5.24. The molecule has 1 saturated carbocycles. The maximum atomic E-state index is 10.8. The molecule has 2 aliphatic rings. The first kappa shape index (κ1) is 17.5. The van der Waals surface area contributed by atoms with Gasteiger partial charge in [0, 0.05) is 5.92 Å². The molecule has 22 heavy (non-hydrogen) atoms. The van der Waals surface area contributed by atoms with E-state index in [0.29, 0.717) is 12.3 Å². The standard InChI is InChI=1S/C20H32O2/c1-13(2)17-12-18-16(9-10-20(18,5)22)15(4)8-6-7-14(3)11-19(17)21/h7,12-13,16,18-19,21-22H,4,6,8-11H2,1-3,5H3/b14-7-,17-12+/t16-,18+,19-,20+/m0/s1. The molecule has 124 valence electrons. The van der Waals surface area contributed by atoms with Gasteiger partial charge in [-0.25, -0.2) is 0 Å². The fourth-order valence-corrected chi connectivity index (χ4v) is 4.07. The minimum absolute atomic E-state index is 0.0745. The van der Waals surface area contributed by atoms with E-state index in [1.54, 1.807) is 0 Å². The van der Waals surface area contributed by atoms with Crippen molar-refractivity contribution in [3.8, 4) is 0 Å². The number of allylic oxidation sites excluding steroid dienone is 2. The van der Waals surface area contributed by atoms with Gasteiger partial charge in [0.05, 0.1) is 11.7 Å². The van der Waals surface area contributed by atoms with Crippen molar-refractivity contribution in [3.05, 3.63) is 35.5 Å². The second-order valence-electron chi connectivity index (χ2n) is 7.82. The maximum Gasteiger partial charge on any atom is 0.0789 e. The van der Waals surface area contributed by atoms with E-state index in [4.69, 9.17) is 0 Å². The van der Waals surface area contributed by atoms with Gasteiger partial charge in [-0.1, -0.05) is 43.7 Å². The summed E-state index contributed by atoms with van der Waals surface area (Å²) < 4.78 is 0. The van der Waals surface area contributed by atoms with Crippen molar-refractivity contribution in [3.63, 3.8) is 0 Å². The summed E-state index contributed by atoms with van der Waals surface area (Å²) in [4.78, 5) is 0. The van der Waals surface area contributed by atoms with Crippen LogP contribution in [0.15, 0.2) is 35.5 Å². The van der Waals surface area contributed by atoms with Crippen LogP contribution in [0.5, 0.6) is 0 Å². The van der Waals surface area contributed by atoms with Gasteiger partial charge in [0.15, 0.2) is 0 Å². The number of rotatable bonds is 1. The van der Waals surface area contributed by atoms with Gasteiger partial charge in [0.25, 0.3) is 0 Å². The maximum absolute atomic E-state index is 10.8. The lowest BCUT2D eigenvalue weighted by Crippen LogP contribution is -2.32. The summed E-state index contributed by atoms with van der Waals surface area (Å²) in [7, 11) is 0. The molecular formula is C20H32O2. The first-order valence-electron chi connectivity index (χ1n) is 8.67. The van der Waals surface area contributed by atoms with E-state index in [2.05, 4.69) is 39.5 Å². The van der Waals surface area contributed by atoms with Crippen LogP contribution in [0.25, 0.3) is 0 Å². The van der Waals surface area contributed by atoms with E-state index < -0.39 is 11.7 Å². The summed E-state index contributed by atoms with van der Waals surface area (Å²) in [6, 6.07) is 0. The summed E-state index contributed by atoms with van der Waals surface area (Å²) in [5, 5.41) is 21.5. The second kappa shape index (κ2) is 6.72. The van der Waals surface area contributed by atoms with Crippen LogP contribution < -0.4 is 0 Å². The molecule has 2 aliphatic carbocycles. The average Bonchev–Trinajstić information content (AvgIpc) is 2.68. The highest BCUT2D eigenvalue weighted by atomic mass is 16.3. The van der Waals surface area contributed by atoms with Crippen molar-refractivity contribution in [2.24, 2.45) is 17.8 Å². The van der Waals surface area contributed by atoms with Crippen molar-refractivity contribution < 1.29 is 10.2 Å². The summed E-state index contributed by atoms with van der Waals surface area (Å²) in [5.74, 6) is 0.696. The Hall–Kier alpha value is -0.860. The molecule has 0 aromatic heterocycles. The number of fused-ring (bicyclic) bond motifs is 1. The van der Waals surface area contributed by atoms with E-state index in [1.807, 2.05) is 6.92 Å². The third-order valence-electron chi connectivity index (χ3n) is 5.53. The lowest BCUT2D eigenvalue weighted by molar-refractivity contribution is 0.0319. The van der Waals surface area contributed by atoms with Gasteiger partial charge < -0.3 is 10.2 Å². The van der Waals surface area contributed by atoms with Crippen LogP contribution in [0.1, 0.15) is 59.8 Å². The zero-order valence-corrected chi connectivity index (χ0v) is 14.6. The molecule has 0 aliphatic heterocycles. The smallest absolute Gasteiger partial charge is 0.0789 e. The van der Waals surface area contributed by atoms with Gasteiger partial charge in [-0.15, -0.1) is 0 Å². The Morgan fingerprint density at radius 3 is 2.68 bits per heavy atom. The van der Waals surface area contributed by atoms with Crippen LogP contribution in [0.4, 0.5) is 0 Å². The molecule has 2 heteroatoms. The van der Waals surface area contributed by atoms with Crippen LogP contribution in [-0.2, 0) is 0 Å². The van der Waals surface area contributed by atoms with Crippen LogP contribution in [0, 0.1) is 17.8 Å². The lowest BCUT2D eigenvalue weighted by Gasteiger charge is -2.30. The Bertz CT molecular complexity index is 482. The normalized spacial score (nSPS) is 42.1. The summed E-state index contributed by atoms with van der Waals surface area (Å²) in [5.41, 5.74) is 2.87. The SMILES string of the molecule is C=C1CC/C=C(/C)C[C@H](O)/C(C(C)C)=C/[C@@H]2[C@H]1CC[C@@]2(C)O. The zero-order chi connectivity index (χ0) is 16.5. The molecule has 0 aromatic rings. The summed E-state index contributed by atoms with van der Waals surface area (Å²) >= 11 is 0. The fourth-order valence-electron chi connectivity index (χ4n) is 4.07. The molecule has 2 N–H and O–H groups in total. The van der Waals surface area contributed by atoms with Crippen LogP contribution >= 0.6 is 0 Å². The van der Waals surface area contributed by atoms with E-state index in [9.17, 15) is 10.2 Å². The fraction of sp³-hybridized carbons (Fsp3) is 0.700. The van der Waals surface area contributed by atoms with Gasteiger partial charge in [0.2, 0.25) is 0 Å². The largest absolute Gasteiger partial charge is 0.390 e. The van der Waals surface area contributed by atoms with Crippen molar-refractivity contribution in [1.82, 2.24) is 0 Å². The van der Waals surface area contributed by atoms with Crippen LogP contribution in [0.3, 0.4) is 0 Å². The summed E-state index contributed by atoms with van der Waals surface area (Å²) in [6.45, 7) is 12.6. The van der Waals surface area contributed by atoms with E-state index in [0.717, 1.165) is 31.3 Å². The Kier molecular flexibility index (Phi) is 5.34. The molecule has 0 bridgehead atoms. The van der Waals surface area contributed by atoms with Crippen molar-refractivity contribution in [1.29, 1.82) is 0 Å². The van der Waals surface area contributed by atoms with Gasteiger partial charge >= 0.3 is 0 Å². The molecule has 2 rings (SSSR count). The van der Waals surface area contributed by atoms with E-state index in [-0.39, 0.29) is 11.8 Å². The van der Waals surface area contributed by atoms with Crippen molar-refractivity contribution in [2.75, 3.05) is 0 Å². The molecule has 0 saturated heterocycles. The van der Waals surface area contributed by atoms with Crippen molar-refractivity contribution >= 4 is 0 Å². The third kappa shape index (κ3) is 3.72. The molecule has 1 fully saturated rings. The predicted molar refractivity (Wildman–Crippen MR) is 92.5 cm³/mol. The average molecular weight is 304 g/mol. The molecule has 0 aromatic carbocycles. The highest BCUT2D eigenvalue weighted by Crippen LogP contribution is 2.46. The molecule has 0 amide bonds. The number of hydrogen-bond acceptors (Lipinski definition) is 2. The Morgan fingerprint density at radius 1 is 1.36 bits per heavy atom. The highest BCUT2D eigenvalue weighted by Gasteiger charge is 2.43. The molecule has 4 atom stereocenters. The lowest BCUT2D eigenvalue weighted by atomic mass is 9.79. The van der Waals surface area contributed by atoms with E-state index >= 15 is 0 Å². The Labute approximate surface area is 135 Å². The van der Waals surface area contributed by atoms with Crippen LogP contribution in [-0.4, -0.2) is 21.9 Å². The second-order valence-corrected chi connectivity index (χ2v) is 7.82. The van der Waals surface area contributed by atoms with Crippen LogP contribution in [0.2, 0.25) is 0 Å². The van der Waals surface area contributed by atoms with Crippen molar-refractivity contribution in [2.45, 2.75) is 71.5 Å². The zero-order valence-electron chi connectivity index (χ0n) is 14.6. The van der Waals surface area contributed by atoms with Gasteiger partial charge in [-0.3, -0.25) is 0 Å². The van der Waals surface area contributed by atoms with Gasteiger partial charge in [-0.2, -0.15) is 0 Å². The molecule has 2 nitrogen and oxygen atoms in total. The topological polar surface area (TPSA) is 40.5 Å². The molecule has 0 radical (unpaired) electrons. The Morgan fingerprint density at radius 2 is 2.05 bits per heavy atom. The number of aliphatic hydroxyl groups is 2. The Balaban J connectivity index is 2.44. The third-order valence-corrected chi connectivity index (χ3v) is 5.53. The minimum atomic E-state index is -0.690. The van der Waals surface area contributed by atoms with Gasteiger partial charge in [0.1, 0.15) is 0 Å². The number of hydrogen-bond donors (Lipinski definition) is 2. The first-order valence-corrected chi connectivity index (χ1v) is 8.67. The first-order chi connectivity index (χ1) is 10.2. The molecule has 0 spiro atoms.